The normalized spacial score (nSPS) is 15.7. The molecule has 2 saturated heterocycles. The first kappa shape index (κ1) is 50.9. The van der Waals surface area contributed by atoms with Gasteiger partial charge in [-0.25, -0.2) is 9.97 Å². The number of nitrogens with zero attached hydrogens (tertiary/aromatic N) is 8. The van der Waals surface area contributed by atoms with Crippen molar-refractivity contribution in [2.24, 2.45) is 0 Å². The molecular formula is C58H70N12O5. The number of carbonyl (C=O) groups is 2. The summed E-state index contributed by atoms with van der Waals surface area (Å²) in [5, 5.41) is 14.2. The standard InChI is InChI=1S/C58H70N12O5/c1-39(2)75-54-37-47(12-15-50(54)64-56-34-44(16-20-60-56)61-51-9-7-8-42-18-22-69(40(3)71)57(42)51)68-30-26-66(27-31-68)38-43-10-13-52(58-48(43)19-23-70(58)41(4)72)62-45-17-21-59-55(35-45)63-49-14-11-46(36-53(49)74-33-32-73-6)67-28-24-65(5)25-29-67/h7-17,20-21,34-37,39H,18-19,22-33,38H2,1-6H3,(H2,59,62,63)(H2,60,61,64). The largest absolute Gasteiger partial charge is 0.489 e. The summed E-state index contributed by atoms with van der Waals surface area (Å²) in [6, 6.07) is 30.9. The Labute approximate surface area is 440 Å². The van der Waals surface area contributed by atoms with Crippen LogP contribution in [0.1, 0.15) is 44.4 Å². The van der Waals surface area contributed by atoms with E-state index in [1.807, 2.05) is 60.0 Å². The Bertz CT molecular complexity index is 3010. The third-order valence-electron chi connectivity index (χ3n) is 14.4. The second kappa shape index (κ2) is 22.9. The minimum atomic E-state index is -0.0361. The lowest BCUT2D eigenvalue weighted by atomic mass is 10.0. The van der Waals surface area contributed by atoms with Crippen molar-refractivity contribution >= 4 is 80.3 Å². The molecule has 4 N–H and O–H groups in total. The van der Waals surface area contributed by atoms with Gasteiger partial charge in [-0.15, -0.1) is 0 Å². The Balaban J connectivity index is 0.796. The lowest BCUT2D eigenvalue weighted by Gasteiger charge is -2.36. The molecule has 0 spiro atoms. The Morgan fingerprint density at radius 2 is 1.17 bits per heavy atom. The van der Waals surface area contributed by atoms with Gasteiger partial charge in [0.25, 0.3) is 0 Å². The predicted octanol–water partition coefficient (Wildman–Crippen LogP) is 9.16. The van der Waals surface area contributed by atoms with Crippen molar-refractivity contribution in [3.8, 4) is 11.5 Å². The number of piperazine rings is 2. The number of benzene rings is 4. The molecule has 6 aromatic rings. The molecule has 10 rings (SSSR count). The molecule has 17 heteroatoms. The van der Waals surface area contributed by atoms with Gasteiger partial charge in [0.05, 0.1) is 46.8 Å². The first-order valence-corrected chi connectivity index (χ1v) is 26.3. The fourth-order valence-corrected chi connectivity index (χ4v) is 10.6. The van der Waals surface area contributed by atoms with E-state index in [0.717, 1.165) is 146 Å². The monoisotopic (exact) mass is 1010 g/mol. The third kappa shape index (κ3) is 11.9. The smallest absolute Gasteiger partial charge is 0.223 e. The van der Waals surface area contributed by atoms with E-state index in [1.54, 1.807) is 33.4 Å². The maximum Gasteiger partial charge on any atom is 0.223 e. The van der Waals surface area contributed by atoms with Crippen LogP contribution in [0.2, 0.25) is 0 Å². The van der Waals surface area contributed by atoms with E-state index in [2.05, 4.69) is 112 Å². The summed E-state index contributed by atoms with van der Waals surface area (Å²) in [6.07, 6.45) is 5.16. The van der Waals surface area contributed by atoms with Crippen molar-refractivity contribution in [3.63, 3.8) is 0 Å². The molecule has 0 bridgehead atoms. The van der Waals surface area contributed by atoms with E-state index in [-0.39, 0.29) is 17.9 Å². The molecule has 4 aliphatic rings. The van der Waals surface area contributed by atoms with Crippen LogP contribution in [0.4, 0.5) is 68.5 Å². The van der Waals surface area contributed by atoms with Crippen LogP contribution in [0.3, 0.4) is 0 Å². The second-order valence-corrected chi connectivity index (χ2v) is 20.0. The van der Waals surface area contributed by atoms with Crippen LogP contribution in [-0.4, -0.2) is 131 Å². The number of rotatable bonds is 18. The molecule has 0 radical (unpaired) electrons. The van der Waals surface area contributed by atoms with E-state index in [9.17, 15) is 9.59 Å². The summed E-state index contributed by atoms with van der Waals surface area (Å²) in [6.45, 7) is 17.8. The molecule has 2 fully saturated rings. The van der Waals surface area contributed by atoms with Crippen LogP contribution < -0.4 is 50.3 Å². The van der Waals surface area contributed by atoms with E-state index in [1.165, 1.54) is 11.1 Å². The lowest BCUT2D eigenvalue weighted by molar-refractivity contribution is -0.117. The predicted molar refractivity (Wildman–Crippen MR) is 301 cm³/mol. The van der Waals surface area contributed by atoms with E-state index >= 15 is 0 Å². The summed E-state index contributed by atoms with van der Waals surface area (Å²) < 4.78 is 18.0. The number of anilines is 12. The number of nitrogens with one attached hydrogen (secondary N) is 4. The molecular weight excluding hydrogens is 945 g/mol. The number of methoxy groups -OCH3 is 1. The summed E-state index contributed by atoms with van der Waals surface area (Å²) >= 11 is 0. The van der Waals surface area contributed by atoms with Gasteiger partial charge in [-0.2, -0.15) is 0 Å². The molecule has 0 aliphatic carbocycles. The van der Waals surface area contributed by atoms with E-state index < -0.39 is 0 Å². The van der Waals surface area contributed by atoms with Gasteiger partial charge >= 0.3 is 0 Å². The van der Waals surface area contributed by atoms with Gasteiger partial charge in [0.15, 0.2) is 0 Å². The summed E-state index contributed by atoms with van der Waals surface area (Å²) in [4.78, 5) is 48.3. The van der Waals surface area contributed by atoms with Crippen LogP contribution in [-0.2, 0) is 33.7 Å². The van der Waals surface area contributed by atoms with Gasteiger partial charge in [0, 0.05) is 152 Å². The van der Waals surface area contributed by atoms with Crippen molar-refractivity contribution in [3.05, 3.63) is 120 Å². The summed E-state index contributed by atoms with van der Waals surface area (Å²) in [7, 11) is 3.84. The number of amides is 2. The molecule has 4 aromatic carbocycles. The number of ether oxygens (including phenoxy) is 3. The average molecular weight is 1020 g/mol. The number of fused-ring (bicyclic) bond motifs is 2. The van der Waals surface area contributed by atoms with Gasteiger partial charge in [-0.05, 0) is 99.0 Å². The highest BCUT2D eigenvalue weighted by Crippen LogP contribution is 2.42. The zero-order chi connectivity index (χ0) is 52.0. The fraction of sp³-hybridized carbons (Fsp3) is 0.379. The zero-order valence-electron chi connectivity index (χ0n) is 44.1. The maximum absolute atomic E-state index is 13.1. The zero-order valence-corrected chi connectivity index (χ0v) is 44.1. The van der Waals surface area contributed by atoms with Crippen molar-refractivity contribution < 1.29 is 23.8 Å². The highest BCUT2D eigenvalue weighted by molar-refractivity contribution is 6.00. The fourth-order valence-electron chi connectivity index (χ4n) is 10.6. The molecule has 17 nitrogen and oxygen atoms in total. The number of para-hydroxylation sites is 1. The van der Waals surface area contributed by atoms with E-state index in [4.69, 9.17) is 14.2 Å². The quantitative estimate of drug-likeness (QED) is 0.0605. The lowest BCUT2D eigenvalue weighted by Crippen LogP contribution is -2.46. The van der Waals surface area contributed by atoms with Crippen LogP contribution in [0.25, 0.3) is 0 Å². The van der Waals surface area contributed by atoms with Crippen LogP contribution in [0.5, 0.6) is 11.5 Å². The molecule has 6 heterocycles. The van der Waals surface area contributed by atoms with Crippen molar-refractivity contribution in [2.45, 2.75) is 53.2 Å². The average Bonchev–Trinajstić information content (AvgIpc) is 4.07. The minimum Gasteiger partial charge on any atom is -0.489 e. The molecule has 2 amide bonds. The van der Waals surface area contributed by atoms with Crippen LogP contribution in [0, 0.1) is 0 Å². The van der Waals surface area contributed by atoms with E-state index in [0.29, 0.717) is 37.9 Å². The van der Waals surface area contributed by atoms with Crippen molar-refractivity contribution in [2.75, 3.05) is 134 Å². The number of pyridine rings is 2. The van der Waals surface area contributed by atoms with Crippen molar-refractivity contribution in [1.29, 1.82) is 0 Å². The Kier molecular flexibility index (Phi) is 15.5. The molecule has 0 unspecified atom stereocenters. The Morgan fingerprint density at radius 3 is 1.80 bits per heavy atom. The summed E-state index contributed by atoms with van der Waals surface area (Å²) in [5.41, 5.74) is 12.9. The first-order valence-electron chi connectivity index (χ1n) is 26.3. The maximum atomic E-state index is 13.1. The van der Waals surface area contributed by atoms with Gasteiger partial charge < -0.3 is 60.0 Å². The highest BCUT2D eigenvalue weighted by Gasteiger charge is 2.30. The second-order valence-electron chi connectivity index (χ2n) is 20.0. The molecule has 0 atom stereocenters. The molecule has 392 valence electrons. The number of carbonyl (C=O) groups excluding carboxylic acids is 2. The minimum absolute atomic E-state index is 0.0263. The first-order chi connectivity index (χ1) is 36.5. The number of aromatic nitrogens is 2. The number of hydrogen-bond acceptors (Lipinski definition) is 15. The van der Waals surface area contributed by atoms with Crippen molar-refractivity contribution in [1.82, 2.24) is 19.8 Å². The Morgan fingerprint density at radius 1 is 0.600 bits per heavy atom. The Hall–Kier alpha value is -7.60. The van der Waals surface area contributed by atoms with Gasteiger partial charge in [-0.1, -0.05) is 18.2 Å². The molecule has 4 aliphatic heterocycles. The molecule has 75 heavy (non-hydrogen) atoms. The summed E-state index contributed by atoms with van der Waals surface area (Å²) in [5.74, 6) is 2.90. The van der Waals surface area contributed by atoms with Crippen LogP contribution in [0.15, 0.2) is 103 Å². The van der Waals surface area contributed by atoms with Crippen LogP contribution >= 0.6 is 0 Å². The van der Waals surface area contributed by atoms with Gasteiger partial charge in [-0.3, -0.25) is 14.5 Å². The number of likely N-dealkylation sites (N-methyl/N-ethyl adjacent to an activating group) is 1. The molecule has 0 saturated carbocycles. The number of hydrogen-bond donors (Lipinski definition) is 4. The third-order valence-corrected chi connectivity index (χ3v) is 14.4. The molecule has 2 aromatic heterocycles. The van der Waals surface area contributed by atoms with Gasteiger partial charge in [0.1, 0.15) is 29.7 Å². The van der Waals surface area contributed by atoms with Gasteiger partial charge in [0.2, 0.25) is 11.8 Å². The SMILES string of the molecule is COCCOc1cc(N2CCN(C)CC2)ccc1Nc1cc(Nc2ccc(CN3CCN(c4ccc(Nc5cc(Nc6cccc7c6N(C(C)=O)CC7)ccn5)c(OC(C)C)c4)CC3)c3c2N(C(C)=O)CC3)ccn1. The highest BCUT2D eigenvalue weighted by atomic mass is 16.5. The topological polar surface area (TPSA) is 155 Å².